The monoisotopic (exact) mass is 349 g/mol. The van der Waals surface area contributed by atoms with Crippen molar-refractivity contribution in [1.29, 1.82) is 0 Å². The number of benzene rings is 1. The molecule has 5 nitrogen and oxygen atoms in total. The molecule has 1 atom stereocenters. The van der Waals surface area contributed by atoms with E-state index in [2.05, 4.69) is 33.2 Å². The van der Waals surface area contributed by atoms with Gasteiger partial charge in [-0.1, -0.05) is 25.5 Å². The lowest BCUT2D eigenvalue weighted by molar-refractivity contribution is -0.384. The molecule has 2 aromatic rings. The van der Waals surface area contributed by atoms with Gasteiger partial charge in [0.15, 0.2) is 0 Å². The third-order valence-electron chi connectivity index (χ3n) is 3.15. The van der Waals surface area contributed by atoms with Crippen LogP contribution in [-0.2, 0) is 0 Å². The number of nitro groups is 1. The molecule has 0 radical (unpaired) electrons. The number of nitrogens with zero attached hydrogens (tertiary/aromatic N) is 2. The summed E-state index contributed by atoms with van der Waals surface area (Å²) in [6.45, 7) is 2.09. The van der Waals surface area contributed by atoms with Gasteiger partial charge in [-0.25, -0.2) is 4.98 Å². The normalized spacial score (nSPS) is 11.9. The summed E-state index contributed by atoms with van der Waals surface area (Å²) in [6, 6.07) is 10.5. The first kappa shape index (κ1) is 15.4. The maximum absolute atomic E-state index is 10.9. The topological polar surface area (TPSA) is 68.1 Å². The first-order valence-corrected chi connectivity index (χ1v) is 7.52. The molecule has 0 spiro atoms. The average Bonchev–Trinajstić information content (AvgIpc) is 2.49. The molecule has 1 aromatic carbocycles. The minimum atomic E-state index is -0.369. The zero-order chi connectivity index (χ0) is 15.2. The van der Waals surface area contributed by atoms with Gasteiger partial charge in [-0.2, -0.15) is 0 Å². The fourth-order valence-corrected chi connectivity index (χ4v) is 2.51. The van der Waals surface area contributed by atoms with Crippen LogP contribution in [0.15, 0.2) is 47.2 Å². The summed E-state index contributed by atoms with van der Waals surface area (Å²) in [6.07, 6.45) is 3.55. The Morgan fingerprint density at radius 1 is 1.38 bits per heavy atom. The van der Waals surface area contributed by atoms with E-state index in [9.17, 15) is 10.1 Å². The quantitative estimate of drug-likeness (QED) is 0.466. The second-order valence-corrected chi connectivity index (χ2v) is 5.43. The average molecular weight is 350 g/mol. The summed E-state index contributed by atoms with van der Waals surface area (Å²) in [5.74, 6) is 0. The molecule has 0 amide bonds. The summed E-state index contributed by atoms with van der Waals surface area (Å²) < 4.78 is 0.733. The number of pyridine rings is 1. The second-order valence-electron chi connectivity index (χ2n) is 4.68. The van der Waals surface area contributed by atoms with Crippen molar-refractivity contribution in [1.82, 2.24) is 4.98 Å². The van der Waals surface area contributed by atoms with Crippen molar-refractivity contribution < 1.29 is 4.92 Å². The van der Waals surface area contributed by atoms with Crippen molar-refractivity contribution in [3.63, 3.8) is 0 Å². The Hall–Kier alpha value is -1.95. The van der Waals surface area contributed by atoms with Crippen LogP contribution >= 0.6 is 15.9 Å². The maximum atomic E-state index is 10.9. The smallest absolute Gasteiger partial charge is 0.269 e. The van der Waals surface area contributed by atoms with E-state index in [1.165, 1.54) is 6.07 Å². The molecule has 21 heavy (non-hydrogen) atoms. The van der Waals surface area contributed by atoms with E-state index in [4.69, 9.17) is 0 Å². The minimum absolute atomic E-state index is 0.00963. The Morgan fingerprint density at radius 3 is 2.86 bits per heavy atom. The molecule has 1 aromatic heterocycles. The number of hydrogen-bond donors (Lipinski definition) is 1. The molecule has 1 heterocycles. The van der Waals surface area contributed by atoms with Gasteiger partial charge in [0.05, 0.1) is 16.7 Å². The van der Waals surface area contributed by atoms with Gasteiger partial charge in [0.2, 0.25) is 0 Å². The van der Waals surface area contributed by atoms with Crippen LogP contribution in [0.1, 0.15) is 31.4 Å². The minimum Gasteiger partial charge on any atom is -0.376 e. The van der Waals surface area contributed by atoms with E-state index in [1.807, 2.05) is 18.2 Å². The predicted molar refractivity (Wildman–Crippen MR) is 86.3 cm³/mol. The molecule has 1 unspecified atom stereocenters. The van der Waals surface area contributed by atoms with Gasteiger partial charge >= 0.3 is 0 Å². The summed E-state index contributed by atoms with van der Waals surface area (Å²) >= 11 is 3.40. The molecule has 0 bridgehead atoms. The van der Waals surface area contributed by atoms with Gasteiger partial charge in [0.25, 0.3) is 5.69 Å². The van der Waals surface area contributed by atoms with Crippen LogP contribution in [-0.4, -0.2) is 9.91 Å². The van der Waals surface area contributed by atoms with E-state index in [0.717, 1.165) is 28.7 Å². The Morgan fingerprint density at radius 2 is 2.19 bits per heavy atom. The highest BCUT2D eigenvalue weighted by molar-refractivity contribution is 9.10. The van der Waals surface area contributed by atoms with Crippen molar-refractivity contribution in [2.75, 3.05) is 5.32 Å². The lowest BCUT2D eigenvalue weighted by Gasteiger charge is -2.20. The van der Waals surface area contributed by atoms with E-state index in [0.29, 0.717) is 0 Å². The fourth-order valence-electron chi connectivity index (χ4n) is 2.15. The number of hydrogen-bond acceptors (Lipinski definition) is 4. The van der Waals surface area contributed by atoms with Crippen LogP contribution in [0.3, 0.4) is 0 Å². The molecule has 6 heteroatoms. The SMILES string of the molecule is CCCC(Nc1cccnc1Br)c1cccc([N+](=O)[O-])c1. The molecule has 0 saturated carbocycles. The Kier molecular flexibility index (Phi) is 5.27. The van der Waals surface area contributed by atoms with Crippen molar-refractivity contribution in [2.45, 2.75) is 25.8 Å². The largest absolute Gasteiger partial charge is 0.376 e. The first-order chi connectivity index (χ1) is 10.1. The van der Waals surface area contributed by atoms with Crippen molar-refractivity contribution in [3.8, 4) is 0 Å². The van der Waals surface area contributed by atoms with Gasteiger partial charge < -0.3 is 5.32 Å². The number of nitrogens with one attached hydrogen (secondary N) is 1. The van der Waals surface area contributed by atoms with Gasteiger partial charge in [-0.3, -0.25) is 10.1 Å². The second kappa shape index (κ2) is 7.17. The Balaban J connectivity index is 2.28. The van der Waals surface area contributed by atoms with Crippen LogP contribution in [0.2, 0.25) is 0 Å². The van der Waals surface area contributed by atoms with Crippen LogP contribution in [0.25, 0.3) is 0 Å². The van der Waals surface area contributed by atoms with E-state index < -0.39 is 0 Å². The number of rotatable bonds is 6. The maximum Gasteiger partial charge on any atom is 0.269 e. The molecule has 0 aliphatic rings. The van der Waals surface area contributed by atoms with E-state index in [1.54, 1.807) is 18.3 Å². The lowest BCUT2D eigenvalue weighted by Crippen LogP contribution is -2.11. The van der Waals surface area contributed by atoms with Crippen molar-refractivity contribution >= 4 is 27.3 Å². The van der Waals surface area contributed by atoms with E-state index >= 15 is 0 Å². The third-order valence-corrected chi connectivity index (χ3v) is 3.78. The highest BCUT2D eigenvalue weighted by atomic mass is 79.9. The summed E-state index contributed by atoms with van der Waals surface area (Å²) in [7, 11) is 0. The highest BCUT2D eigenvalue weighted by Gasteiger charge is 2.15. The van der Waals surface area contributed by atoms with Gasteiger partial charge in [-0.05, 0) is 40.0 Å². The third kappa shape index (κ3) is 4.01. The Labute approximate surface area is 131 Å². The van der Waals surface area contributed by atoms with Crippen molar-refractivity contribution in [3.05, 3.63) is 62.9 Å². The molecule has 1 N–H and O–H groups in total. The van der Waals surface area contributed by atoms with Crippen molar-refractivity contribution in [2.24, 2.45) is 0 Å². The summed E-state index contributed by atoms with van der Waals surface area (Å²) in [5, 5.41) is 14.3. The zero-order valence-electron chi connectivity index (χ0n) is 11.6. The number of nitro benzene ring substituents is 1. The first-order valence-electron chi connectivity index (χ1n) is 6.73. The predicted octanol–water partition coefficient (Wildman–Crippen LogP) is 4.71. The van der Waals surface area contributed by atoms with Crippen LogP contribution in [0, 0.1) is 10.1 Å². The molecule has 0 aliphatic heterocycles. The van der Waals surface area contributed by atoms with Crippen LogP contribution in [0.4, 0.5) is 11.4 Å². The van der Waals surface area contributed by atoms with E-state index in [-0.39, 0.29) is 16.7 Å². The standard InChI is InChI=1S/C15H16BrN3O2/c1-2-5-13(18-14-8-4-9-17-15(14)16)11-6-3-7-12(10-11)19(20)21/h3-4,6-10,13,18H,2,5H2,1H3. The van der Waals surface area contributed by atoms with Crippen LogP contribution < -0.4 is 5.32 Å². The fraction of sp³-hybridized carbons (Fsp3) is 0.267. The van der Waals surface area contributed by atoms with Gasteiger partial charge in [0.1, 0.15) is 4.60 Å². The number of anilines is 1. The highest BCUT2D eigenvalue weighted by Crippen LogP contribution is 2.29. The molecule has 0 saturated heterocycles. The number of non-ortho nitro benzene ring substituents is 1. The molecular formula is C15H16BrN3O2. The summed E-state index contributed by atoms with van der Waals surface area (Å²) in [5.41, 5.74) is 1.89. The number of halogens is 1. The lowest BCUT2D eigenvalue weighted by atomic mass is 10.0. The molecule has 0 fully saturated rings. The van der Waals surface area contributed by atoms with Gasteiger partial charge in [-0.15, -0.1) is 0 Å². The molecule has 110 valence electrons. The van der Waals surface area contributed by atoms with Crippen LogP contribution in [0.5, 0.6) is 0 Å². The molecule has 2 rings (SSSR count). The molecule has 0 aliphatic carbocycles. The zero-order valence-corrected chi connectivity index (χ0v) is 13.2. The van der Waals surface area contributed by atoms with Gasteiger partial charge in [0, 0.05) is 18.3 Å². The Bertz CT molecular complexity index is 634. The number of aromatic nitrogens is 1. The summed E-state index contributed by atoms with van der Waals surface area (Å²) in [4.78, 5) is 14.7. The molecular weight excluding hydrogens is 334 g/mol.